The number of terminal acetylenes is 2. The van der Waals surface area contributed by atoms with E-state index >= 15 is 0 Å². The van der Waals surface area contributed by atoms with E-state index < -0.39 is 6.10 Å². The molecule has 0 bridgehead atoms. The average molecular weight is 264 g/mol. The Labute approximate surface area is 122 Å². The molecule has 1 nitrogen and oxygen atoms in total. The number of aliphatic hydroxyl groups is 1. The van der Waals surface area contributed by atoms with Crippen LogP contribution in [0.2, 0.25) is 0 Å². The van der Waals surface area contributed by atoms with Crippen LogP contribution in [0.1, 0.15) is 43.2 Å². The summed E-state index contributed by atoms with van der Waals surface area (Å²) in [7, 11) is 0. The molecule has 0 radical (unpaired) electrons. The zero-order valence-electron chi connectivity index (χ0n) is 11.7. The second-order valence-corrected chi connectivity index (χ2v) is 4.65. The minimum absolute atomic E-state index is 0.872. The third-order valence-corrected chi connectivity index (χ3v) is 3.00. The van der Waals surface area contributed by atoms with Gasteiger partial charge in [0, 0.05) is 12.0 Å². The van der Waals surface area contributed by atoms with Crippen LogP contribution in [0.5, 0.6) is 0 Å². The molecule has 0 saturated carbocycles. The fourth-order valence-electron chi connectivity index (χ4n) is 1.86. The Hall–Kier alpha value is -2.14. The van der Waals surface area contributed by atoms with Gasteiger partial charge in [0.1, 0.15) is 0 Å². The molecule has 1 heteroatoms. The summed E-state index contributed by atoms with van der Waals surface area (Å²) in [5.74, 6) is 10.3. The van der Waals surface area contributed by atoms with Crippen LogP contribution >= 0.6 is 0 Å². The van der Waals surface area contributed by atoms with E-state index in [1.807, 2.05) is 12.1 Å². The third kappa shape index (κ3) is 6.70. The van der Waals surface area contributed by atoms with Crippen LogP contribution in [0.3, 0.4) is 0 Å². The highest BCUT2D eigenvalue weighted by atomic mass is 16.3. The Kier molecular flexibility index (Phi) is 7.76. The highest BCUT2D eigenvalue weighted by Gasteiger charge is 1.95. The molecule has 0 aliphatic heterocycles. The topological polar surface area (TPSA) is 20.2 Å². The van der Waals surface area contributed by atoms with Crippen molar-refractivity contribution in [3.63, 3.8) is 0 Å². The lowest BCUT2D eigenvalue weighted by molar-refractivity contribution is 0.290. The molecule has 102 valence electrons. The van der Waals surface area contributed by atoms with Crippen molar-refractivity contribution >= 4 is 0 Å². The predicted octanol–water partition coefficient (Wildman–Crippen LogP) is 3.16. The van der Waals surface area contributed by atoms with Crippen LogP contribution in [0.4, 0.5) is 0 Å². The summed E-state index contributed by atoms with van der Waals surface area (Å²) in [5.41, 5.74) is 2.18. The van der Waals surface area contributed by atoms with Gasteiger partial charge in [0.05, 0.1) is 0 Å². The minimum atomic E-state index is -0.988. The van der Waals surface area contributed by atoms with Gasteiger partial charge in [-0.15, -0.1) is 18.8 Å². The van der Waals surface area contributed by atoms with Gasteiger partial charge in [0.2, 0.25) is 0 Å². The normalized spacial score (nSPS) is 10.8. The quantitative estimate of drug-likeness (QED) is 0.618. The molecule has 1 aromatic rings. The maximum absolute atomic E-state index is 9.16. The van der Waals surface area contributed by atoms with Crippen molar-refractivity contribution in [2.75, 3.05) is 0 Å². The van der Waals surface area contributed by atoms with Crippen LogP contribution in [0, 0.1) is 36.5 Å². The highest BCUT2D eigenvalue weighted by Crippen LogP contribution is 2.10. The third-order valence-electron chi connectivity index (χ3n) is 3.00. The van der Waals surface area contributed by atoms with Gasteiger partial charge in [-0.05, 0) is 37.0 Å². The zero-order chi connectivity index (χ0) is 14.6. The Morgan fingerprint density at radius 1 is 1.00 bits per heavy atom. The maximum atomic E-state index is 9.16. The Morgan fingerprint density at radius 2 is 1.70 bits per heavy atom. The summed E-state index contributed by atoms with van der Waals surface area (Å²) in [4.78, 5) is 0. The molecule has 0 saturated heterocycles. The first kappa shape index (κ1) is 15.9. The van der Waals surface area contributed by atoms with E-state index in [9.17, 15) is 0 Å². The van der Waals surface area contributed by atoms with E-state index in [-0.39, 0.29) is 0 Å². The van der Waals surface area contributed by atoms with Crippen molar-refractivity contribution in [3.8, 4) is 36.5 Å². The Bertz CT molecular complexity index is 528. The minimum Gasteiger partial charge on any atom is -0.369 e. The fourth-order valence-corrected chi connectivity index (χ4v) is 1.86. The first-order valence-corrected chi connectivity index (χ1v) is 6.94. The van der Waals surface area contributed by atoms with Crippen molar-refractivity contribution < 1.29 is 5.11 Å². The zero-order valence-corrected chi connectivity index (χ0v) is 11.7. The molecule has 0 fully saturated rings. The Morgan fingerprint density at radius 3 is 2.35 bits per heavy atom. The smallest absolute Gasteiger partial charge is 0.176 e. The first-order valence-electron chi connectivity index (χ1n) is 6.94. The van der Waals surface area contributed by atoms with Crippen molar-refractivity contribution in [3.05, 3.63) is 35.4 Å². The van der Waals surface area contributed by atoms with Crippen LogP contribution in [-0.4, -0.2) is 11.2 Å². The SMILES string of the molecule is C#CCCCCCCc1ccc(C#CC(O)C#C)cc1. The number of aliphatic hydroxyl groups excluding tert-OH is 1. The molecule has 0 aromatic heterocycles. The van der Waals surface area contributed by atoms with Gasteiger partial charge in [-0.1, -0.05) is 42.7 Å². The second-order valence-electron chi connectivity index (χ2n) is 4.65. The lowest BCUT2D eigenvalue weighted by Crippen LogP contribution is -1.96. The van der Waals surface area contributed by atoms with E-state index in [2.05, 4.69) is 35.8 Å². The van der Waals surface area contributed by atoms with Crippen LogP contribution in [-0.2, 0) is 6.42 Å². The number of unbranched alkanes of at least 4 members (excludes halogenated alkanes) is 4. The molecule has 1 aromatic carbocycles. The summed E-state index contributed by atoms with van der Waals surface area (Å²) < 4.78 is 0. The van der Waals surface area contributed by atoms with Gasteiger partial charge in [-0.3, -0.25) is 0 Å². The lowest BCUT2D eigenvalue weighted by atomic mass is 10.0. The number of benzene rings is 1. The molecule has 0 amide bonds. The number of hydrogen-bond acceptors (Lipinski definition) is 1. The fraction of sp³-hybridized carbons (Fsp3) is 0.368. The summed E-state index contributed by atoms with van der Waals surface area (Å²) in [6.45, 7) is 0. The molecule has 1 unspecified atom stereocenters. The molecule has 1 atom stereocenters. The van der Waals surface area contributed by atoms with Gasteiger partial charge in [-0.25, -0.2) is 0 Å². The van der Waals surface area contributed by atoms with Gasteiger partial charge in [0.15, 0.2) is 6.10 Å². The van der Waals surface area contributed by atoms with E-state index in [4.69, 9.17) is 18.0 Å². The molecular formula is C19H20O. The molecule has 0 heterocycles. The molecule has 1 N–H and O–H groups in total. The summed E-state index contributed by atoms with van der Waals surface area (Å²) in [5, 5.41) is 9.16. The lowest BCUT2D eigenvalue weighted by Gasteiger charge is -2.01. The largest absolute Gasteiger partial charge is 0.369 e. The number of rotatable bonds is 6. The van der Waals surface area contributed by atoms with Crippen molar-refractivity contribution in [1.82, 2.24) is 0 Å². The van der Waals surface area contributed by atoms with E-state index in [0.29, 0.717) is 0 Å². The van der Waals surface area contributed by atoms with Crippen molar-refractivity contribution in [2.45, 2.75) is 44.6 Å². The van der Waals surface area contributed by atoms with Crippen molar-refractivity contribution in [1.29, 1.82) is 0 Å². The van der Waals surface area contributed by atoms with E-state index in [0.717, 1.165) is 24.8 Å². The number of aryl methyl sites for hydroxylation is 1. The van der Waals surface area contributed by atoms with E-state index in [1.165, 1.54) is 24.8 Å². The molecular weight excluding hydrogens is 244 g/mol. The summed E-state index contributed by atoms with van der Waals surface area (Å²) in [6, 6.07) is 8.08. The average Bonchev–Trinajstić information content (AvgIpc) is 2.49. The number of hydrogen-bond donors (Lipinski definition) is 1. The summed E-state index contributed by atoms with van der Waals surface area (Å²) >= 11 is 0. The van der Waals surface area contributed by atoms with Gasteiger partial charge >= 0.3 is 0 Å². The monoisotopic (exact) mass is 264 g/mol. The van der Waals surface area contributed by atoms with Gasteiger partial charge < -0.3 is 5.11 Å². The molecule has 0 aliphatic carbocycles. The molecule has 0 spiro atoms. The van der Waals surface area contributed by atoms with Crippen LogP contribution < -0.4 is 0 Å². The molecule has 20 heavy (non-hydrogen) atoms. The van der Waals surface area contributed by atoms with E-state index in [1.54, 1.807) is 0 Å². The highest BCUT2D eigenvalue weighted by molar-refractivity contribution is 5.38. The van der Waals surface area contributed by atoms with Gasteiger partial charge in [-0.2, -0.15) is 0 Å². The standard InChI is InChI=1S/C19H20O/c1-3-5-6-7-8-9-10-17-11-13-18(14-12-17)15-16-19(20)4-2/h1-2,11-14,19-20H,5-10H2. The molecule has 1 rings (SSSR count). The maximum Gasteiger partial charge on any atom is 0.176 e. The van der Waals surface area contributed by atoms with Crippen LogP contribution in [0.15, 0.2) is 24.3 Å². The van der Waals surface area contributed by atoms with Crippen molar-refractivity contribution in [2.24, 2.45) is 0 Å². The van der Waals surface area contributed by atoms with Crippen LogP contribution in [0.25, 0.3) is 0 Å². The molecule has 0 aliphatic rings. The summed E-state index contributed by atoms with van der Waals surface area (Å²) in [6.07, 6.45) is 16.0. The first-order chi connectivity index (χ1) is 9.76. The second kappa shape index (κ2) is 9.75. The van der Waals surface area contributed by atoms with Gasteiger partial charge in [0.25, 0.3) is 0 Å². The predicted molar refractivity (Wildman–Crippen MR) is 83.8 cm³/mol. The Balaban J connectivity index is 2.34.